The number of Topliss-reactive ketones (excluding diaryl/α,β-unsaturated/α-hetero) is 4. The molecule has 0 radical (unpaired) electrons. The molecule has 0 rings (SSSR count). The normalized spacial score (nSPS) is 7.09. The number of carbonyl (C=O) groups excluding carboxylic acids is 4. The second kappa shape index (κ2) is 32.0. The third kappa shape index (κ3) is 128. The first-order chi connectivity index (χ1) is 10.1. The standard InChI is InChI=1S/2C5H7O2.2C2H6O.O.Ti/c2*1-4(6)3-5(2)7;2*1-2-3;;/h2*1,3H2,2H3;2*3H,2H2,1H3;;/q2*-1;;;;+2. The van der Waals surface area contributed by atoms with Crippen molar-refractivity contribution in [2.45, 2.75) is 40.5 Å². The van der Waals surface area contributed by atoms with Crippen LogP contribution in [0, 0.1) is 13.8 Å². The summed E-state index contributed by atoms with van der Waals surface area (Å²) in [4.78, 5) is 39.8. The van der Waals surface area contributed by atoms with Crippen LogP contribution in [0.4, 0.5) is 0 Å². The third-order valence-electron chi connectivity index (χ3n) is 0.892. The Hall–Kier alpha value is -1.15. The maximum atomic E-state index is 9.99. The van der Waals surface area contributed by atoms with Gasteiger partial charge in [0.25, 0.3) is 0 Å². The van der Waals surface area contributed by atoms with Crippen LogP contribution in [0.1, 0.15) is 40.5 Å². The quantitative estimate of drug-likeness (QED) is 0.430. The van der Waals surface area contributed by atoms with Crippen LogP contribution >= 0.6 is 0 Å². The van der Waals surface area contributed by atoms with Crippen molar-refractivity contribution in [2.75, 3.05) is 13.2 Å². The van der Waals surface area contributed by atoms with Crippen molar-refractivity contribution in [3.8, 4) is 0 Å². The summed E-state index contributed by atoms with van der Waals surface area (Å²) in [5.41, 5.74) is 0. The maximum absolute atomic E-state index is 9.99. The molecule has 0 heterocycles. The Morgan fingerprint density at radius 3 is 0.909 bits per heavy atom. The zero-order valence-corrected chi connectivity index (χ0v) is 15.2. The van der Waals surface area contributed by atoms with Crippen LogP contribution in [0.15, 0.2) is 0 Å². The van der Waals surface area contributed by atoms with Gasteiger partial charge in [-0.25, -0.2) is 0 Å². The molecule has 8 heteroatoms. The van der Waals surface area contributed by atoms with Crippen molar-refractivity contribution in [1.82, 2.24) is 0 Å². The van der Waals surface area contributed by atoms with E-state index in [0.717, 1.165) is 20.4 Å². The van der Waals surface area contributed by atoms with Gasteiger partial charge in [-0.15, -0.1) is 0 Å². The van der Waals surface area contributed by atoms with Crippen LogP contribution in [-0.2, 0) is 42.9 Å². The zero-order chi connectivity index (χ0) is 19.1. The summed E-state index contributed by atoms with van der Waals surface area (Å²) in [7, 11) is 0. The molecule has 0 saturated heterocycles. The van der Waals surface area contributed by atoms with Crippen molar-refractivity contribution in [2.24, 2.45) is 0 Å². The Balaban J connectivity index is -0.0000000601. The van der Waals surface area contributed by atoms with Crippen molar-refractivity contribution in [3.05, 3.63) is 13.8 Å². The summed E-state index contributed by atoms with van der Waals surface area (Å²) >= 11 is 0.750. The number of rotatable bonds is 4. The van der Waals surface area contributed by atoms with Crippen molar-refractivity contribution < 1.29 is 53.1 Å². The molecule has 0 amide bonds. The molecule has 0 saturated carbocycles. The number of aliphatic hydroxyl groups is 2. The molecule has 0 bridgehead atoms. The first-order valence-corrected chi connectivity index (χ1v) is 6.83. The fourth-order valence-corrected chi connectivity index (χ4v) is 0.555. The molecule has 128 valence electrons. The van der Waals surface area contributed by atoms with Gasteiger partial charge in [0.1, 0.15) is 11.6 Å². The number of ketones is 4. The molecule has 0 aromatic heterocycles. The van der Waals surface area contributed by atoms with Gasteiger partial charge in [-0.3, -0.25) is 9.59 Å². The van der Waals surface area contributed by atoms with Crippen LogP contribution in [0.5, 0.6) is 0 Å². The Bertz CT molecular complexity index is 239. The predicted molar refractivity (Wildman–Crippen MR) is 77.5 cm³/mol. The second-order valence-electron chi connectivity index (χ2n) is 3.47. The number of hydrogen-bond donors (Lipinski definition) is 2. The molecule has 0 spiro atoms. The van der Waals surface area contributed by atoms with Gasteiger partial charge in [0.05, 0.1) is 0 Å². The molecular weight excluding hydrogens is 328 g/mol. The molecule has 7 nitrogen and oxygen atoms in total. The molecule has 0 aliphatic rings. The molecule has 0 unspecified atom stereocenters. The Kier molecular flexibility index (Phi) is 47.6. The summed E-state index contributed by atoms with van der Waals surface area (Å²) in [6, 6.07) is 0. The van der Waals surface area contributed by atoms with Gasteiger partial charge < -0.3 is 33.6 Å². The molecule has 0 fully saturated rings. The number of hydrogen-bond acceptors (Lipinski definition) is 7. The zero-order valence-electron chi connectivity index (χ0n) is 13.7. The van der Waals surface area contributed by atoms with Gasteiger partial charge in [-0.2, -0.15) is 0 Å². The van der Waals surface area contributed by atoms with Crippen molar-refractivity contribution >= 4 is 23.1 Å². The SMILES string of the molecule is CCO.CCO.[CH2-]C(=O)CC(C)=O.[CH2-]C(=O)CC(C)=O.[O]=[Ti+2]. The number of carbonyl (C=O) groups is 4. The average molecular weight is 354 g/mol. The van der Waals surface area contributed by atoms with Crippen molar-refractivity contribution in [3.63, 3.8) is 0 Å². The molecule has 22 heavy (non-hydrogen) atoms. The van der Waals surface area contributed by atoms with Crippen LogP contribution < -0.4 is 0 Å². The number of aliphatic hydroxyl groups excluding tert-OH is 2. The molecular formula is C14H26O7Ti. The summed E-state index contributed by atoms with van der Waals surface area (Å²) in [6.45, 7) is 12.6. The van der Waals surface area contributed by atoms with E-state index in [0.29, 0.717) is 0 Å². The van der Waals surface area contributed by atoms with E-state index in [4.69, 9.17) is 13.5 Å². The van der Waals surface area contributed by atoms with E-state index in [2.05, 4.69) is 13.8 Å². The fraction of sp³-hybridized carbons (Fsp3) is 0.571. The van der Waals surface area contributed by atoms with Gasteiger partial charge in [0, 0.05) is 37.6 Å². The summed E-state index contributed by atoms with van der Waals surface area (Å²) in [6.07, 6.45) is -0.0556. The van der Waals surface area contributed by atoms with E-state index in [9.17, 15) is 19.2 Å². The van der Waals surface area contributed by atoms with Gasteiger partial charge in [0.2, 0.25) is 0 Å². The molecule has 0 aliphatic heterocycles. The predicted octanol–water partition coefficient (Wildman–Crippen LogP) is 0.613. The van der Waals surface area contributed by atoms with E-state index in [1.165, 1.54) is 13.8 Å². The monoisotopic (exact) mass is 354 g/mol. The van der Waals surface area contributed by atoms with E-state index in [1.54, 1.807) is 13.8 Å². The topological polar surface area (TPSA) is 126 Å². The van der Waals surface area contributed by atoms with Crippen LogP contribution in [0.3, 0.4) is 0 Å². The van der Waals surface area contributed by atoms with Gasteiger partial charge >= 0.3 is 23.7 Å². The molecule has 0 aromatic rings. The van der Waals surface area contributed by atoms with Crippen LogP contribution in [0.25, 0.3) is 0 Å². The van der Waals surface area contributed by atoms with E-state index >= 15 is 0 Å². The summed E-state index contributed by atoms with van der Waals surface area (Å²) < 4.78 is 8.25. The minimum absolute atomic E-state index is 0.0278. The second-order valence-corrected chi connectivity index (χ2v) is 3.47. The van der Waals surface area contributed by atoms with Gasteiger partial charge in [-0.1, -0.05) is 0 Å². The molecule has 0 aromatic carbocycles. The first-order valence-electron chi connectivity index (χ1n) is 6.19. The fourth-order valence-electron chi connectivity index (χ4n) is 0.555. The molecule has 0 aliphatic carbocycles. The van der Waals surface area contributed by atoms with Crippen LogP contribution in [-0.4, -0.2) is 46.6 Å². The third-order valence-corrected chi connectivity index (χ3v) is 0.892. The molecule has 0 atom stereocenters. The summed E-state index contributed by atoms with van der Waals surface area (Å²) in [5.74, 6) is -0.875. The van der Waals surface area contributed by atoms with Gasteiger partial charge in [0.15, 0.2) is 0 Å². The van der Waals surface area contributed by atoms with Crippen molar-refractivity contribution in [1.29, 1.82) is 0 Å². The Morgan fingerprint density at radius 2 is 0.909 bits per heavy atom. The molecule has 2 N–H and O–H groups in total. The van der Waals surface area contributed by atoms with Crippen LogP contribution in [0.2, 0.25) is 0 Å². The van der Waals surface area contributed by atoms with Gasteiger partial charge in [-0.05, 0) is 27.7 Å². The van der Waals surface area contributed by atoms with E-state index in [-0.39, 0.29) is 49.2 Å². The average Bonchev–Trinajstić information content (AvgIpc) is 2.30. The van der Waals surface area contributed by atoms with E-state index < -0.39 is 0 Å². The Morgan fingerprint density at radius 1 is 0.773 bits per heavy atom. The first kappa shape index (κ1) is 32.7. The summed E-state index contributed by atoms with van der Waals surface area (Å²) in [5, 5.41) is 15.1. The van der Waals surface area contributed by atoms with E-state index in [1.807, 2.05) is 0 Å². The Labute approximate surface area is 144 Å². The minimum atomic E-state index is -0.312.